The Bertz CT molecular complexity index is 1060. The minimum Gasteiger partial charge on any atom is -0.385 e. The van der Waals surface area contributed by atoms with E-state index < -0.39 is 5.60 Å². The van der Waals surface area contributed by atoms with E-state index in [1.165, 1.54) is 16.9 Å². The summed E-state index contributed by atoms with van der Waals surface area (Å²) in [5.41, 5.74) is 1.30. The van der Waals surface area contributed by atoms with E-state index in [4.69, 9.17) is 0 Å². The highest BCUT2D eigenvalue weighted by Crippen LogP contribution is 2.47. The van der Waals surface area contributed by atoms with Gasteiger partial charge in [0.25, 0.3) is 5.91 Å². The highest BCUT2D eigenvalue weighted by molar-refractivity contribution is 7.17. The maximum atomic E-state index is 13.5. The molecule has 6 heteroatoms. The van der Waals surface area contributed by atoms with Gasteiger partial charge in [0.05, 0.1) is 11.8 Å². The lowest BCUT2D eigenvalue weighted by Gasteiger charge is -2.52. The molecular formula is C26H29N3O2S. The highest BCUT2D eigenvalue weighted by atomic mass is 32.1. The van der Waals surface area contributed by atoms with E-state index in [0.29, 0.717) is 24.4 Å². The summed E-state index contributed by atoms with van der Waals surface area (Å²) in [6, 6.07) is 20.2. The van der Waals surface area contributed by atoms with Gasteiger partial charge in [0, 0.05) is 25.0 Å². The first-order valence-corrected chi connectivity index (χ1v) is 12.3. The average Bonchev–Trinajstić information content (AvgIpc) is 3.33. The van der Waals surface area contributed by atoms with Crippen molar-refractivity contribution in [1.29, 1.82) is 0 Å². The van der Waals surface area contributed by atoms with Crippen LogP contribution in [0.5, 0.6) is 0 Å². The van der Waals surface area contributed by atoms with Gasteiger partial charge in [-0.15, -0.1) is 0 Å². The third kappa shape index (κ3) is 4.05. The molecule has 5 rings (SSSR count). The van der Waals surface area contributed by atoms with Crippen LogP contribution in [0.2, 0.25) is 0 Å². The SMILES string of the molecule is O=C(c1cnc(NCc2ccccc2)s1)N1CCC(O)(c2ccccc2)C2CCCCC21. The molecule has 1 aliphatic carbocycles. The van der Waals surface area contributed by atoms with Crippen LogP contribution in [-0.4, -0.2) is 33.5 Å². The molecule has 2 aromatic carbocycles. The molecular weight excluding hydrogens is 418 g/mol. The van der Waals surface area contributed by atoms with Gasteiger partial charge in [-0.25, -0.2) is 4.98 Å². The molecule has 32 heavy (non-hydrogen) atoms. The second-order valence-electron chi connectivity index (χ2n) is 8.87. The van der Waals surface area contributed by atoms with Gasteiger partial charge in [0.1, 0.15) is 4.88 Å². The van der Waals surface area contributed by atoms with Gasteiger partial charge in [-0.3, -0.25) is 4.79 Å². The molecule has 3 atom stereocenters. The molecule has 1 aromatic heterocycles. The average molecular weight is 448 g/mol. The van der Waals surface area contributed by atoms with Crippen molar-refractivity contribution in [2.24, 2.45) is 5.92 Å². The number of carbonyl (C=O) groups is 1. The van der Waals surface area contributed by atoms with Crippen LogP contribution in [0.15, 0.2) is 66.9 Å². The van der Waals surface area contributed by atoms with Gasteiger partial charge in [-0.05, 0) is 30.4 Å². The quantitative estimate of drug-likeness (QED) is 0.575. The van der Waals surface area contributed by atoms with Gasteiger partial charge < -0.3 is 15.3 Å². The summed E-state index contributed by atoms with van der Waals surface area (Å²) in [5.74, 6) is 0.113. The number of fused-ring (bicyclic) bond motifs is 1. The number of piperidine rings is 1. The van der Waals surface area contributed by atoms with Crippen molar-refractivity contribution >= 4 is 22.4 Å². The molecule has 5 nitrogen and oxygen atoms in total. The van der Waals surface area contributed by atoms with Crippen LogP contribution >= 0.6 is 11.3 Å². The zero-order chi connectivity index (χ0) is 22.0. The number of thiazole rings is 1. The molecule has 2 heterocycles. The fraction of sp³-hybridized carbons (Fsp3) is 0.385. The Balaban J connectivity index is 1.32. The van der Waals surface area contributed by atoms with E-state index in [1.54, 1.807) is 6.20 Å². The Morgan fingerprint density at radius 2 is 1.81 bits per heavy atom. The molecule has 166 valence electrons. The first-order valence-electron chi connectivity index (χ1n) is 11.5. The standard InChI is InChI=1S/C26H29N3O2S/c30-24(23-18-28-25(32-23)27-17-19-9-3-1-4-10-19)29-16-15-26(31,20-11-5-2-6-12-20)21-13-7-8-14-22(21)29/h1-6,9-12,18,21-22,31H,7-8,13-17H2,(H,27,28). The smallest absolute Gasteiger partial charge is 0.265 e. The zero-order valence-corrected chi connectivity index (χ0v) is 18.9. The minimum atomic E-state index is -0.862. The lowest BCUT2D eigenvalue weighted by Crippen LogP contribution is -2.58. The second-order valence-corrected chi connectivity index (χ2v) is 9.90. The van der Waals surface area contributed by atoms with Gasteiger partial charge in [0.15, 0.2) is 5.13 Å². The number of aliphatic hydroxyl groups is 1. The molecule has 1 saturated heterocycles. The summed E-state index contributed by atoms with van der Waals surface area (Å²) >= 11 is 1.41. The number of carbonyl (C=O) groups excluding carboxylic acids is 1. The third-order valence-electron chi connectivity index (χ3n) is 7.01. The number of likely N-dealkylation sites (tertiary alicyclic amines) is 1. The van der Waals surface area contributed by atoms with Crippen molar-refractivity contribution in [2.45, 2.75) is 50.3 Å². The Morgan fingerprint density at radius 3 is 2.59 bits per heavy atom. The first kappa shape index (κ1) is 21.2. The lowest BCUT2D eigenvalue weighted by molar-refractivity contribution is -0.110. The van der Waals surface area contributed by atoms with Crippen molar-refractivity contribution in [2.75, 3.05) is 11.9 Å². The number of amides is 1. The number of rotatable bonds is 5. The highest BCUT2D eigenvalue weighted by Gasteiger charge is 2.50. The first-order chi connectivity index (χ1) is 15.6. The summed E-state index contributed by atoms with van der Waals surface area (Å²) in [6.45, 7) is 1.25. The summed E-state index contributed by atoms with van der Waals surface area (Å²) in [5, 5.41) is 15.8. The molecule has 0 radical (unpaired) electrons. The Hall–Kier alpha value is -2.70. The normalized spacial score (nSPS) is 25.2. The summed E-state index contributed by atoms with van der Waals surface area (Å²) in [7, 11) is 0. The van der Waals surface area contributed by atoms with Gasteiger partial charge in [-0.2, -0.15) is 0 Å². The molecule has 3 aromatic rings. The van der Waals surface area contributed by atoms with Crippen molar-refractivity contribution in [3.63, 3.8) is 0 Å². The van der Waals surface area contributed by atoms with E-state index in [0.717, 1.165) is 36.4 Å². The second kappa shape index (κ2) is 9.04. The topological polar surface area (TPSA) is 65.5 Å². The van der Waals surface area contributed by atoms with Crippen LogP contribution in [0.1, 0.15) is 52.9 Å². The Morgan fingerprint density at radius 1 is 1.09 bits per heavy atom. The van der Waals surface area contributed by atoms with Crippen LogP contribution in [0.3, 0.4) is 0 Å². The molecule has 1 saturated carbocycles. The minimum absolute atomic E-state index is 0.0438. The van der Waals surface area contributed by atoms with Crippen molar-refractivity contribution < 1.29 is 9.90 Å². The van der Waals surface area contributed by atoms with Crippen molar-refractivity contribution in [1.82, 2.24) is 9.88 Å². The molecule has 1 aliphatic heterocycles. The number of nitrogens with one attached hydrogen (secondary N) is 1. The van der Waals surface area contributed by atoms with E-state index in [1.807, 2.05) is 53.4 Å². The van der Waals surface area contributed by atoms with E-state index in [9.17, 15) is 9.90 Å². The number of hydrogen-bond donors (Lipinski definition) is 2. The maximum Gasteiger partial charge on any atom is 0.265 e. The third-order valence-corrected chi connectivity index (χ3v) is 7.96. The summed E-state index contributed by atoms with van der Waals surface area (Å²) < 4.78 is 0. The molecule has 3 unspecified atom stereocenters. The monoisotopic (exact) mass is 447 g/mol. The zero-order valence-electron chi connectivity index (χ0n) is 18.1. The lowest BCUT2D eigenvalue weighted by atomic mass is 9.66. The molecule has 2 aliphatic rings. The van der Waals surface area contributed by atoms with Crippen LogP contribution in [0.4, 0.5) is 5.13 Å². The van der Waals surface area contributed by atoms with Gasteiger partial charge >= 0.3 is 0 Å². The molecule has 2 N–H and O–H groups in total. The van der Waals surface area contributed by atoms with E-state index in [-0.39, 0.29) is 17.9 Å². The Labute approximate surface area is 193 Å². The van der Waals surface area contributed by atoms with E-state index >= 15 is 0 Å². The van der Waals surface area contributed by atoms with Crippen LogP contribution in [0.25, 0.3) is 0 Å². The largest absolute Gasteiger partial charge is 0.385 e. The van der Waals surface area contributed by atoms with Crippen LogP contribution in [0, 0.1) is 5.92 Å². The summed E-state index contributed by atoms with van der Waals surface area (Å²) in [6.07, 6.45) is 6.36. The van der Waals surface area contributed by atoms with Crippen LogP contribution in [-0.2, 0) is 12.1 Å². The summed E-state index contributed by atoms with van der Waals surface area (Å²) in [4.78, 5) is 20.6. The number of hydrogen-bond acceptors (Lipinski definition) is 5. The molecule has 0 bridgehead atoms. The van der Waals surface area contributed by atoms with Crippen molar-refractivity contribution in [3.05, 3.63) is 82.9 Å². The molecule has 0 spiro atoms. The number of aromatic nitrogens is 1. The van der Waals surface area contributed by atoms with Crippen molar-refractivity contribution in [3.8, 4) is 0 Å². The predicted molar refractivity (Wildman–Crippen MR) is 128 cm³/mol. The fourth-order valence-corrected chi connectivity index (χ4v) is 6.16. The molecule has 2 fully saturated rings. The number of nitrogens with zero attached hydrogens (tertiary/aromatic N) is 2. The number of anilines is 1. The predicted octanol–water partition coefficient (Wildman–Crippen LogP) is 5.05. The van der Waals surface area contributed by atoms with Gasteiger partial charge in [-0.1, -0.05) is 84.8 Å². The van der Waals surface area contributed by atoms with Gasteiger partial charge in [0.2, 0.25) is 0 Å². The van der Waals surface area contributed by atoms with Crippen LogP contribution < -0.4 is 5.32 Å². The molecule has 1 amide bonds. The fourth-order valence-electron chi connectivity index (χ4n) is 5.39. The Kier molecular flexibility index (Phi) is 5.98. The maximum absolute atomic E-state index is 13.5. The van der Waals surface area contributed by atoms with E-state index in [2.05, 4.69) is 22.4 Å². The number of benzene rings is 2.